The number of fused-ring (bicyclic) bond motifs is 1. The summed E-state index contributed by atoms with van der Waals surface area (Å²) in [4.78, 5) is 0. The SMILES string of the molecule is CCNC1CC(c2cc(Br)ccc2Cl)Oc2ccccc21. The topological polar surface area (TPSA) is 21.3 Å². The van der Waals surface area contributed by atoms with Crippen molar-refractivity contribution in [2.45, 2.75) is 25.5 Å². The van der Waals surface area contributed by atoms with E-state index in [4.69, 9.17) is 16.3 Å². The number of halogens is 2. The van der Waals surface area contributed by atoms with E-state index in [0.29, 0.717) is 6.04 Å². The number of rotatable bonds is 3. The van der Waals surface area contributed by atoms with Gasteiger partial charge in [-0.05, 0) is 30.8 Å². The molecule has 4 heteroatoms. The van der Waals surface area contributed by atoms with Crippen LogP contribution in [0.15, 0.2) is 46.9 Å². The van der Waals surface area contributed by atoms with Gasteiger partial charge in [-0.15, -0.1) is 0 Å². The van der Waals surface area contributed by atoms with Crippen LogP contribution >= 0.6 is 27.5 Å². The van der Waals surface area contributed by atoms with Crippen LogP contribution in [0.4, 0.5) is 0 Å². The zero-order valence-electron chi connectivity index (χ0n) is 11.8. The van der Waals surface area contributed by atoms with E-state index in [9.17, 15) is 0 Å². The second kappa shape index (κ2) is 6.39. The smallest absolute Gasteiger partial charge is 0.127 e. The zero-order valence-corrected chi connectivity index (χ0v) is 14.1. The van der Waals surface area contributed by atoms with Gasteiger partial charge < -0.3 is 10.1 Å². The minimum absolute atomic E-state index is 0.0334. The van der Waals surface area contributed by atoms with Crippen molar-refractivity contribution in [2.75, 3.05) is 6.54 Å². The largest absolute Gasteiger partial charge is 0.485 e. The van der Waals surface area contributed by atoms with Gasteiger partial charge in [0, 0.05) is 33.1 Å². The Morgan fingerprint density at radius 3 is 2.86 bits per heavy atom. The summed E-state index contributed by atoms with van der Waals surface area (Å²) in [5, 5.41) is 4.29. The summed E-state index contributed by atoms with van der Waals surface area (Å²) in [7, 11) is 0. The van der Waals surface area contributed by atoms with E-state index in [2.05, 4.69) is 40.3 Å². The second-order valence-corrected chi connectivity index (χ2v) is 6.48. The third kappa shape index (κ3) is 3.10. The monoisotopic (exact) mass is 365 g/mol. The van der Waals surface area contributed by atoms with E-state index in [0.717, 1.165) is 33.8 Å². The maximum Gasteiger partial charge on any atom is 0.127 e. The van der Waals surface area contributed by atoms with Crippen molar-refractivity contribution in [2.24, 2.45) is 0 Å². The molecule has 2 atom stereocenters. The van der Waals surface area contributed by atoms with Crippen LogP contribution in [0.5, 0.6) is 5.75 Å². The Balaban J connectivity index is 1.97. The third-order valence-electron chi connectivity index (χ3n) is 3.77. The van der Waals surface area contributed by atoms with E-state index >= 15 is 0 Å². The molecule has 0 aromatic heterocycles. The van der Waals surface area contributed by atoms with Crippen molar-refractivity contribution in [3.05, 3.63) is 63.1 Å². The summed E-state index contributed by atoms with van der Waals surface area (Å²) in [5.41, 5.74) is 2.25. The first kappa shape index (κ1) is 14.9. The lowest BCUT2D eigenvalue weighted by atomic mass is 9.93. The Bertz CT molecular complexity index is 646. The standard InChI is InChI=1S/C17H17BrClNO/c1-2-20-15-10-17(13-9-11(18)7-8-14(13)19)21-16-6-4-3-5-12(15)16/h3-9,15,17,20H,2,10H2,1H3. The molecule has 0 saturated heterocycles. The van der Waals surface area contributed by atoms with Crippen molar-refractivity contribution in [1.82, 2.24) is 5.32 Å². The van der Waals surface area contributed by atoms with Crippen LogP contribution in [-0.2, 0) is 0 Å². The highest BCUT2D eigenvalue weighted by Crippen LogP contribution is 2.42. The quantitative estimate of drug-likeness (QED) is 0.798. The number of benzene rings is 2. The Morgan fingerprint density at radius 1 is 1.24 bits per heavy atom. The fourth-order valence-electron chi connectivity index (χ4n) is 2.81. The molecule has 0 saturated carbocycles. The van der Waals surface area contributed by atoms with Gasteiger partial charge in [-0.3, -0.25) is 0 Å². The molecule has 2 nitrogen and oxygen atoms in total. The molecule has 0 radical (unpaired) electrons. The maximum atomic E-state index is 6.36. The number of nitrogens with one attached hydrogen (secondary N) is 1. The number of hydrogen-bond acceptors (Lipinski definition) is 2. The predicted molar refractivity (Wildman–Crippen MR) is 90.0 cm³/mol. The molecule has 2 unspecified atom stereocenters. The molecule has 2 aromatic carbocycles. The van der Waals surface area contributed by atoms with Crippen LogP contribution in [0, 0.1) is 0 Å². The average Bonchev–Trinajstić information content (AvgIpc) is 2.50. The molecule has 0 fully saturated rings. The maximum absolute atomic E-state index is 6.36. The molecule has 110 valence electrons. The van der Waals surface area contributed by atoms with Gasteiger partial charge in [-0.1, -0.05) is 52.7 Å². The van der Waals surface area contributed by atoms with Gasteiger partial charge >= 0.3 is 0 Å². The van der Waals surface area contributed by atoms with Gasteiger partial charge in [0.1, 0.15) is 11.9 Å². The Morgan fingerprint density at radius 2 is 2.05 bits per heavy atom. The summed E-state index contributed by atoms with van der Waals surface area (Å²) in [5.74, 6) is 0.941. The van der Waals surface area contributed by atoms with Crippen LogP contribution in [0.1, 0.15) is 36.6 Å². The average molecular weight is 367 g/mol. The van der Waals surface area contributed by atoms with E-state index in [1.165, 1.54) is 5.56 Å². The summed E-state index contributed by atoms with van der Waals surface area (Å²) < 4.78 is 7.20. The van der Waals surface area contributed by atoms with Crippen LogP contribution < -0.4 is 10.1 Å². The first-order valence-corrected chi connectivity index (χ1v) is 8.30. The van der Waals surface area contributed by atoms with Crippen LogP contribution in [0.3, 0.4) is 0 Å². The number of para-hydroxylation sites is 1. The van der Waals surface area contributed by atoms with Crippen molar-refractivity contribution in [3.8, 4) is 5.75 Å². The van der Waals surface area contributed by atoms with Crippen molar-refractivity contribution >= 4 is 27.5 Å². The molecule has 1 aliphatic heterocycles. The molecule has 1 heterocycles. The molecular weight excluding hydrogens is 350 g/mol. The third-order valence-corrected chi connectivity index (χ3v) is 4.61. The lowest BCUT2D eigenvalue weighted by Gasteiger charge is -2.33. The molecule has 1 N–H and O–H groups in total. The highest BCUT2D eigenvalue weighted by Gasteiger charge is 2.29. The van der Waals surface area contributed by atoms with Crippen LogP contribution in [0.25, 0.3) is 0 Å². The molecule has 0 bridgehead atoms. The minimum atomic E-state index is -0.0334. The molecule has 2 aromatic rings. The number of ether oxygens (including phenoxy) is 1. The van der Waals surface area contributed by atoms with Crippen molar-refractivity contribution in [3.63, 3.8) is 0 Å². The molecule has 21 heavy (non-hydrogen) atoms. The Labute approximate surface area is 138 Å². The Hall–Kier alpha value is -1.03. The highest BCUT2D eigenvalue weighted by molar-refractivity contribution is 9.10. The zero-order chi connectivity index (χ0) is 14.8. The fourth-order valence-corrected chi connectivity index (χ4v) is 3.43. The van der Waals surface area contributed by atoms with E-state index in [1.54, 1.807) is 0 Å². The van der Waals surface area contributed by atoms with E-state index in [1.807, 2.05) is 30.3 Å². The van der Waals surface area contributed by atoms with E-state index in [-0.39, 0.29) is 6.10 Å². The van der Waals surface area contributed by atoms with Crippen LogP contribution in [-0.4, -0.2) is 6.54 Å². The van der Waals surface area contributed by atoms with Gasteiger partial charge in [0.15, 0.2) is 0 Å². The van der Waals surface area contributed by atoms with Crippen molar-refractivity contribution in [1.29, 1.82) is 0 Å². The summed E-state index contributed by atoms with van der Waals surface area (Å²) >= 11 is 9.87. The normalized spacial score (nSPS) is 20.7. The minimum Gasteiger partial charge on any atom is -0.485 e. The highest BCUT2D eigenvalue weighted by atomic mass is 79.9. The number of hydrogen-bond donors (Lipinski definition) is 1. The Kier molecular flexibility index (Phi) is 4.53. The van der Waals surface area contributed by atoms with Crippen molar-refractivity contribution < 1.29 is 4.74 Å². The summed E-state index contributed by atoms with van der Waals surface area (Å²) in [6, 6.07) is 14.4. The first-order valence-electron chi connectivity index (χ1n) is 7.13. The summed E-state index contributed by atoms with van der Waals surface area (Å²) in [6.45, 7) is 3.05. The molecular formula is C17H17BrClNO. The first-order chi connectivity index (χ1) is 10.2. The molecule has 0 spiro atoms. The van der Waals surface area contributed by atoms with Gasteiger partial charge in [-0.25, -0.2) is 0 Å². The lowest BCUT2D eigenvalue weighted by molar-refractivity contribution is 0.152. The molecule has 3 rings (SSSR count). The van der Waals surface area contributed by atoms with Gasteiger partial charge in [0.05, 0.1) is 0 Å². The van der Waals surface area contributed by atoms with E-state index < -0.39 is 0 Å². The van der Waals surface area contributed by atoms with Crippen LogP contribution in [0.2, 0.25) is 5.02 Å². The molecule has 0 amide bonds. The van der Waals surface area contributed by atoms with Gasteiger partial charge in [0.2, 0.25) is 0 Å². The second-order valence-electron chi connectivity index (χ2n) is 5.16. The van der Waals surface area contributed by atoms with Gasteiger partial charge in [0.25, 0.3) is 0 Å². The predicted octanol–water partition coefficient (Wildman–Crippen LogP) is 5.28. The molecule has 1 aliphatic rings. The summed E-state index contributed by atoms with van der Waals surface area (Å²) in [6.07, 6.45) is 0.843. The lowest BCUT2D eigenvalue weighted by Crippen LogP contribution is -2.29. The van der Waals surface area contributed by atoms with Gasteiger partial charge in [-0.2, -0.15) is 0 Å². The fraction of sp³-hybridized carbons (Fsp3) is 0.294. The molecule has 0 aliphatic carbocycles.